The van der Waals surface area contributed by atoms with E-state index in [0.717, 1.165) is 12.8 Å². The number of hydrogen-bond acceptors (Lipinski definition) is 4. The fourth-order valence-electron chi connectivity index (χ4n) is 2.06. The molecule has 2 fully saturated rings. The van der Waals surface area contributed by atoms with Crippen LogP contribution in [0.1, 0.15) is 26.7 Å². The van der Waals surface area contributed by atoms with Gasteiger partial charge in [-0.1, -0.05) is 19.9 Å². The minimum Gasteiger partial charge on any atom is -0.550 e. The summed E-state index contributed by atoms with van der Waals surface area (Å²) in [6, 6.07) is 0. The molecule has 0 heterocycles. The lowest BCUT2D eigenvalue weighted by molar-refractivity contribution is -0.309. The van der Waals surface area contributed by atoms with Crippen molar-refractivity contribution in [1.82, 2.24) is 0 Å². The number of rotatable bonds is 4. The zero-order chi connectivity index (χ0) is 11.9. The maximum absolute atomic E-state index is 11.2. The Morgan fingerprint density at radius 3 is 2.44 bits per heavy atom. The number of carbonyl (C=O) groups excluding carboxylic acids is 2. The SMILES string of the molecule is CC1(C)C(/C=C/C(=O)OC2CC2)C1C(=O)[O-]. The van der Waals surface area contributed by atoms with E-state index in [1.54, 1.807) is 6.08 Å². The van der Waals surface area contributed by atoms with Crippen molar-refractivity contribution in [3.63, 3.8) is 0 Å². The lowest BCUT2D eigenvalue weighted by Crippen LogP contribution is -2.26. The first-order chi connectivity index (χ1) is 7.43. The van der Waals surface area contributed by atoms with Crippen LogP contribution in [0.15, 0.2) is 12.2 Å². The van der Waals surface area contributed by atoms with Crippen molar-refractivity contribution >= 4 is 11.9 Å². The van der Waals surface area contributed by atoms with Crippen LogP contribution in [0.5, 0.6) is 0 Å². The molecule has 0 saturated heterocycles. The summed E-state index contributed by atoms with van der Waals surface area (Å²) in [5.41, 5.74) is -0.310. The molecule has 0 spiro atoms. The van der Waals surface area contributed by atoms with E-state index in [0.29, 0.717) is 0 Å². The summed E-state index contributed by atoms with van der Waals surface area (Å²) in [6.07, 6.45) is 4.94. The summed E-state index contributed by atoms with van der Waals surface area (Å²) >= 11 is 0. The van der Waals surface area contributed by atoms with Crippen LogP contribution >= 0.6 is 0 Å². The standard InChI is InChI=1S/C12H16O4/c1-12(2)8(10(12)11(14)15)5-6-9(13)16-7-3-4-7/h5-8,10H,3-4H2,1-2H3,(H,14,15)/p-1/b6-5+. The zero-order valence-electron chi connectivity index (χ0n) is 9.43. The second kappa shape index (κ2) is 3.61. The maximum Gasteiger partial charge on any atom is 0.330 e. The van der Waals surface area contributed by atoms with E-state index in [1.165, 1.54) is 6.08 Å². The van der Waals surface area contributed by atoms with E-state index in [4.69, 9.17) is 4.74 Å². The van der Waals surface area contributed by atoms with Gasteiger partial charge in [0.05, 0.1) is 0 Å². The second-order valence-corrected chi connectivity index (χ2v) is 5.14. The topological polar surface area (TPSA) is 66.4 Å². The number of ether oxygens (including phenoxy) is 1. The first-order valence-corrected chi connectivity index (χ1v) is 5.52. The lowest BCUT2D eigenvalue weighted by atomic mass is 10.1. The number of aliphatic carboxylic acids is 1. The Balaban J connectivity index is 1.87. The van der Waals surface area contributed by atoms with Crippen LogP contribution in [-0.2, 0) is 14.3 Å². The van der Waals surface area contributed by atoms with Crippen LogP contribution in [0, 0.1) is 17.3 Å². The third-order valence-electron chi connectivity index (χ3n) is 3.41. The second-order valence-electron chi connectivity index (χ2n) is 5.14. The Morgan fingerprint density at radius 1 is 1.38 bits per heavy atom. The first kappa shape index (κ1) is 11.2. The van der Waals surface area contributed by atoms with Gasteiger partial charge in [0.1, 0.15) is 6.10 Å². The van der Waals surface area contributed by atoms with Gasteiger partial charge in [-0.05, 0) is 24.2 Å². The van der Waals surface area contributed by atoms with Gasteiger partial charge in [0.2, 0.25) is 0 Å². The number of carbonyl (C=O) groups is 2. The predicted octanol–water partition coefficient (Wildman–Crippen LogP) is 0.270. The molecule has 2 aliphatic carbocycles. The molecular weight excluding hydrogens is 208 g/mol. The van der Waals surface area contributed by atoms with Gasteiger partial charge in [-0.2, -0.15) is 0 Å². The van der Waals surface area contributed by atoms with Crippen LogP contribution in [-0.4, -0.2) is 18.0 Å². The molecule has 0 aliphatic heterocycles. The average molecular weight is 223 g/mol. The van der Waals surface area contributed by atoms with E-state index >= 15 is 0 Å². The molecule has 0 bridgehead atoms. The summed E-state index contributed by atoms with van der Waals surface area (Å²) in [5.74, 6) is -2.03. The third kappa shape index (κ3) is 2.10. The number of esters is 1. The van der Waals surface area contributed by atoms with Crippen LogP contribution in [0.25, 0.3) is 0 Å². The van der Waals surface area contributed by atoms with Crippen molar-refractivity contribution in [2.24, 2.45) is 17.3 Å². The van der Waals surface area contributed by atoms with Crippen molar-refractivity contribution in [1.29, 1.82) is 0 Å². The Bertz CT molecular complexity index is 352. The molecule has 0 aromatic rings. The van der Waals surface area contributed by atoms with Gasteiger partial charge in [0, 0.05) is 18.0 Å². The van der Waals surface area contributed by atoms with Gasteiger partial charge in [-0.3, -0.25) is 0 Å². The molecule has 2 unspecified atom stereocenters. The molecule has 2 saturated carbocycles. The molecule has 2 aliphatic rings. The van der Waals surface area contributed by atoms with E-state index in [-0.39, 0.29) is 23.4 Å². The number of allylic oxidation sites excluding steroid dienone is 1. The van der Waals surface area contributed by atoms with E-state index in [1.807, 2.05) is 13.8 Å². The highest BCUT2D eigenvalue weighted by molar-refractivity contribution is 5.83. The Hall–Kier alpha value is -1.32. The molecule has 0 aromatic heterocycles. The maximum atomic E-state index is 11.2. The molecule has 2 atom stereocenters. The zero-order valence-corrected chi connectivity index (χ0v) is 9.43. The molecule has 0 aromatic carbocycles. The number of carboxylic acids is 1. The number of hydrogen-bond donors (Lipinski definition) is 0. The van der Waals surface area contributed by atoms with Gasteiger partial charge < -0.3 is 14.6 Å². The highest BCUT2D eigenvalue weighted by atomic mass is 16.5. The smallest absolute Gasteiger partial charge is 0.330 e. The Labute approximate surface area is 94.3 Å². The van der Waals surface area contributed by atoms with E-state index in [9.17, 15) is 14.7 Å². The van der Waals surface area contributed by atoms with Crippen LogP contribution < -0.4 is 5.11 Å². The van der Waals surface area contributed by atoms with Gasteiger partial charge in [0.15, 0.2) is 0 Å². The van der Waals surface area contributed by atoms with Gasteiger partial charge in [-0.25, -0.2) is 4.79 Å². The first-order valence-electron chi connectivity index (χ1n) is 5.52. The molecule has 4 heteroatoms. The molecule has 0 radical (unpaired) electrons. The summed E-state index contributed by atoms with van der Waals surface area (Å²) in [5, 5.41) is 10.8. The van der Waals surface area contributed by atoms with Crippen LogP contribution in [0.2, 0.25) is 0 Å². The number of carboxylic acid groups (broad SMARTS) is 1. The van der Waals surface area contributed by atoms with Gasteiger partial charge >= 0.3 is 5.97 Å². The summed E-state index contributed by atoms with van der Waals surface area (Å²) < 4.78 is 5.01. The van der Waals surface area contributed by atoms with Gasteiger partial charge in [-0.15, -0.1) is 0 Å². The molecule has 0 N–H and O–H groups in total. The van der Waals surface area contributed by atoms with Crippen molar-refractivity contribution in [2.45, 2.75) is 32.8 Å². The van der Waals surface area contributed by atoms with E-state index < -0.39 is 11.9 Å². The van der Waals surface area contributed by atoms with Crippen LogP contribution in [0.4, 0.5) is 0 Å². The largest absolute Gasteiger partial charge is 0.550 e. The van der Waals surface area contributed by atoms with Crippen molar-refractivity contribution in [3.8, 4) is 0 Å². The fourth-order valence-corrected chi connectivity index (χ4v) is 2.06. The van der Waals surface area contributed by atoms with Crippen LogP contribution in [0.3, 0.4) is 0 Å². The highest BCUT2D eigenvalue weighted by Crippen LogP contribution is 2.58. The fraction of sp³-hybridized carbons (Fsp3) is 0.667. The van der Waals surface area contributed by atoms with E-state index in [2.05, 4.69) is 0 Å². The summed E-state index contributed by atoms with van der Waals surface area (Å²) in [6.45, 7) is 3.71. The van der Waals surface area contributed by atoms with Crippen molar-refractivity contribution < 1.29 is 19.4 Å². The van der Waals surface area contributed by atoms with Crippen molar-refractivity contribution in [3.05, 3.63) is 12.2 Å². The quantitative estimate of drug-likeness (QED) is 0.507. The molecule has 88 valence electrons. The molecule has 16 heavy (non-hydrogen) atoms. The normalized spacial score (nSPS) is 31.4. The average Bonchev–Trinajstić information content (AvgIpc) is 3.01. The monoisotopic (exact) mass is 223 g/mol. The lowest BCUT2D eigenvalue weighted by Gasteiger charge is -2.01. The summed E-state index contributed by atoms with van der Waals surface area (Å²) in [4.78, 5) is 22.0. The predicted molar refractivity (Wildman–Crippen MR) is 54.0 cm³/mol. The Morgan fingerprint density at radius 2 is 2.00 bits per heavy atom. The van der Waals surface area contributed by atoms with Crippen molar-refractivity contribution in [2.75, 3.05) is 0 Å². The van der Waals surface area contributed by atoms with Gasteiger partial charge in [0.25, 0.3) is 0 Å². The minimum absolute atomic E-state index is 0.0845. The highest BCUT2D eigenvalue weighted by Gasteiger charge is 2.56. The molecule has 4 nitrogen and oxygen atoms in total. The third-order valence-corrected chi connectivity index (χ3v) is 3.41. The Kier molecular flexibility index (Phi) is 2.52. The molecular formula is C12H15O4-. The molecule has 2 rings (SSSR count). The molecule has 0 amide bonds. The summed E-state index contributed by atoms with van der Waals surface area (Å²) in [7, 11) is 0. The minimum atomic E-state index is -1.05.